The second-order valence-electron chi connectivity index (χ2n) is 4.49. The second kappa shape index (κ2) is 6.37. The highest BCUT2D eigenvalue weighted by atomic mass is 15.3. The number of hydrogen-bond acceptors (Lipinski definition) is 3. The van der Waals surface area contributed by atoms with Crippen LogP contribution in [-0.2, 0) is 19.5 Å². The first kappa shape index (κ1) is 12.9. The van der Waals surface area contributed by atoms with Crippen molar-refractivity contribution in [3.8, 4) is 0 Å². The fourth-order valence-electron chi connectivity index (χ4n) is 2.11. The largest absolute Gasteiger partial charge is 0.356 e. The Morgan fingerprint density at radius 3 is 3.06 bits per heavy atom. The van der Waals surface area contributed by atoms with Crippen LogP contribution in [0.2, 0.25) is 0 Å². The standard InChI is InChI=1S/C12H22N6/c1-3-4-7-14-12(13-2)15-9-11-17-16-10-6-5-8-18(10)11/h3-9H2,1-2H3,(H2,13,14,15). The summed E-state index contributed by atoms with van der Waals surface area (Å²) >= 11 is 0. The highest BCUT2D eigenvalue weighted by Crippen LogP contribution is 2.13. The quantitative estimate of drug-likeness (QED) is 0.458. The van der Waals surface area contributed by atoms with Gasteiger partial charge in [0.15, 0.2) is 11.8 Å². The molecule has 0 unspecified atom stereocenters. The lowest BCUT2D eigenvalue weighted by molar-refractivity contribution is 0.659. The summed E-state index contributed by atoms with van der Waals surface area (Å²) in [6.45, 7) is 4.85. The van der Waals surface area contributed by atoms with Gasteiger partial charge in [-0.25, -0.2) is 0 Å². The monoisotopic (exact) mass is 250 g/mol. The van der Waals surface area contributed by atoms with Crippen LogP contribution in [0, 0.1) is 0 Å². The van der Waals surface area contributed by atoms with Crippen molar-refractivity contribution in [2.75, 3.05) is 13.6 Å². The number of fused-ring (bicyclic) bond motifs is 1. The van der Waals surface area contributed by atoms with E-state index < -0.39 is 0 Å². The van der Waals surface area contributed by atoms with Crippen molar-refractivity contribution < 1.29 is 0 Å². The molecular weight excluding hydrogens is 228 g/mol. The Kier molecular flexibility index (Phi) is 4.55. The lowest BCUT2D eigenvalue weighted by Gasteiger charge is -2.11. The molecule has 6 heteroatoms. The van der Waals surface area contributed by atoms with Crippen LogP contribution in [0.5, 0.6) is 0 Å². The Morgan fingerprint density at radius 2 is 2.28 bits per heavy atom. The summed E-state index contributed by atoms with van der Waals surface area (Å²) in [7, 11) is 1.79. The number of aromatic nitrogens is 3. The van der Waals surface area contributed by atoms with Crippen LogP contribution in [0.4, 0.5) is 0 Å². The third kappa shape index (κ3) is 3.00. The highest BCUT2D eigenvalue weighted by molar-refractivity contribution is 5.79. The number of rotatable bonds is 5. The normalized spacial score (nSPS) is 14.7. The van der Waals surface area contributed by atoms with Gasteiger partial charge >= 0.3 is 0 Å². The van der Waals surface area contributed by atoms with E-state index in [4.69, 9.17) is 0 Å². The lowest BCUT2D eigenvalue weighted by atomic mass is 10.3. The minimum absolute atomic E-state index is 0.679. The summed E-state index contributed by atoms with van der Waals surface area (Å²) in [5.41, 5.74) is 0. The molecular formula is C12H22N6. The molecule has 1 aliphatic rings. The van der Waals surface area contributed by atoms with E-state index in [0.29, 0.717) is 6.54 Å². The van der Waals surface area contributed by atoms with Crippen molar-refractivity contribution in [1.82, 2.24) is 25.4 Å². The Bertz CT molecular complexity index is 409. The van der Waals surface area contributed by atoms with Gasteiger partial charge in [-0.05, 0) is 12.8 Å². The SMILES string of the molecule is CCCCNC(=NC)NCc1nnc2n1CCC2. The van der Waals surface area contributed by atoms with Crippen molar-refractivity contribution >= 4 is 5.96 Å². The Morgan fingerprint density at radius 1 is 1.39 bits per heavy atom. The number of unbranched alkanes of at least 4 members (excludes halogenated alkanes) is 1. The number of nitrogens with one attached hydrogen (secondary N) is 2. The number of nitrogens with zero attached hydrogens (tertiary/aromatic N) is 4. The van der Waals surface area contributed by atoms with E-state index in [1.165, 1.54) is 12.8 Å². The second-order valence-corrected chi connectivity index (χ2v) is 4.49. The van der Waals surface area contributed by atoms with Gasteiger partial charge in [0.25, 0.3) is 0 Å². The minimum atomic E-state index is 0.679. The summed E-state index contributed by atoms with van der Waals surface area (Å²) in [5, 5.41) is 15.0. The van der Waals surface area contributed by atoms with Crippen molar-refractivity contribution in [1.29, 1.82) is 0 Å². The van der Waals surface area contributed by atoms with E-state index in [-0.39, 0.29) is 0 Å². The van der Waals surface area contributed by atoms with Gasteiger partial charge in [0, 0.05) is 26.6 Å². The first-order valence-corrected chi connectivity index (χ1v) is 6.70. The van der Waals surface area contributed by atoms with Crippen molar-refractivity contribution in [3.05, 3.63) is 11.6 Å². The van der Waals surface area contributed by atoms with E-state index in [2.05, 4.69) is 37.3 Å². The molecule has 1 aromatic rings. The number of guanidine groups is 1. The third-order valence-electron chi connectivity index (χ3n) is 3.15. The molecule has 0 saturated carbocycles. The van der Waals surface area contributed by atoms with Crippen LogP contribution in [0.25, 0.3) is 0 Å². The van der Waals surface area contributed by atoms with Crippen LogP contribution < -0.4 is 10.6 Å². The third-order valence-corrected chi connectivity index (χ3v) is 3.15. The van der Waals surface area contributed by atoms with Gasteiger partial charge in [-0.3, -0.25) is 4.99 Å². The molecule has 6 nitrogen and oxygen atoms in total. The van der Waals surface area contributed by atoms with Gasteiger partial charge in [0.1, 0.15) is 5.82 Å². The van der Waals surface area contributed by atoms with Crippen molar-refractivity contribution in [2.45, 2.75) is 45.7 Å². The van der Waals surface area contributed by atoms with Gasteiger partial charge < -0.3 is 15.2 Å². The molecule has 18 heavy (non-hydrogen) atoms. The minimum Gasteiger partial charge on any atom is -0.356 e. The van der Waals surface area contributed by atoms with Crippen LogP contribution in [0.1, 0.15) is 37.8 Å². The molecule has 0 atom stereocenters. The molecule has 0 saturated heterocycles. The smallest absolute Gasteiger partial charge is 0.191 e. The molecule has 100 valence electrons. The zero-order chi connectivity index (χ0) is 12.8. The average molecular weight is 250 g/mol. The van der Waals surface area contributed by atoms with Crippen molar-refractivity contribution in [3.63, 3.8) is 0 Å². The number of aryl methyl sites for hydroxylation is 1. The first-order chi connectivity index (χ1) is 8.85. The molecule has 0 aliphatic carbocycles. The number of aliphatic imine (C=N–C) groups is 1. The lowest BCUT2D eigenvalue weighted by Crippen LogP contribution is -2.37. The molecule has 0 radical (unpaired) electrons. The van der Waals surface area contributed by atoms with Crippen LogP contribution in [-0.4, -0.2) is 34.3 Å². The zero-order valence-electron chi connectivity index (χ0n) is 11.2. The summed E-state index contributed by atoms with van der Waals surface area (Å²) < 4.78 is 2.20. The predicted octanol–water partition coefficient (Wildman–Crippen LogP) is 0.689. The first-order valence-electron chi connectivity index (χ1n) is 6.70. The Hall–Kier alpha value is -1.59. The molecule has 0 aromatic carbocycles. The average Bonchev–Trinajstić information content (AvgIpc) is 2.97. The molecule has 0 fully saturated rings. The zero-order valence-corrected chi connectivity index (χ0v) is 11.2. The molecule has 0 bridgehead atoms. The van der Waals surface area contributed by atoms with Gasteiger partial charge in [-0.15, -0.1) is 10.2 Å². The molecule has 2 heterocycles. The van der Waals surface area contributed by atoms with Gasteiger partial charge in [0.2, 0.25) is 0 Å². The van der Waals surface area contributed by atoms with Crippen molar-refractivity contribution in [2.24, 2.45) is 4.99 Å². The molecule has 2 N–H and O–H groups in total. The van der Waals surface area contributed by atoms with E-state index in [1.54, 1.807) is 7.05 Å². The number of hydrogen-bond donors (Lipinski definition) is 2. The fraction of sp³-hybridized carbons (Fsp3) is 0.750. The van der Waals surface area contributed by atoms with E-state index in [1.807, 2.05) is 0 Å². The maximum absolute atomic E-state index is 4.21. The van der Waals surface area contributed by atoms with Gasteiger partial charge in [-0.1, -0.05) is 13.3 Å². The van der Waals surface area contributed by atoms with Crippen LogP contribution in [0.3, 0.4) is 0 Å². The Labute approximate surface area is 108 Å². The summed E-state index contributed by atoms with van der Waals surface area (Å²) in [4.78, 5) is 4.19. The predicted molar refractivity (Wildman–Crippen MR) is 71.5 cm³/mol. The van der Waals surface area contributed by atoms with Crippen LogP contribution >= 0.6 is 0 Å². The molecule has 2 rings (SSSR count). The topological polar surface area (TPSA) is 67.1 Å². The maximum Gasteiger partial charge on any atom is 0.191 e. The van der Waals surface area contributed by atoms with E-state index >= 15 is 0 Å². The fourth-order valence-corrected chi connectivity index (χ4v) is 2.11. The summed E-state index contributed by atoms with van der Waals surface area (Å²) in [6.07, 6.45) is 4.57. The van der Waals surface area contributed by atoms with Gasteiger partial charge in [0.05, 0.1) is 6.54 Å². The van der Waals surface area contributed by atoms with E-state index in [9.17, 15) is 0 Å². The van der Waals surface area contributed by atoms with Gasteiger partial charge in [-0.2, -0.15) is 0 Å². The molecule has 0 spiro atoms. The van der Waals surface area contributed by atoms with E-state index in [0.717, 1.165) is 43.5 Å². The molecule has 1 aliphatic heterocycles. The molecule has 0 amide bonds. The maximum atomic E-state index is 4.21. The van der Waals surface area contributed by atoms with Crippen LogP contribution in [0.15, 0.2) is 4.99 Å². The summed E-state index contributed by atoms with van der Waals surface area (Å²) in [5.74, 6) is 2.94. The molecule has 1 aromatic heterocycles. The summed E-state index contributed by atoms with van der Waals surface area (Å²) in [6, 6.07) is 0. The Balaban J connectivity index is 1.82. The highest BCUT2D eigenvalue weighted by Gasteiger charge is 2.16.